The quantitative estimate of drug-likeness (QED) is 0.840. The Balaban J connectivity index is 1.40. The molecule has 6 nitrogen and oxygen atoms in total. The molecule has 0 bridgehead atoms. The van der Waals surface area contributed by atoms with Crippen LogP contribution in [0.25, 0.3) is 11.4 Å². The number of likely N-dealkylation sites (tertiary alicyclic amines) is 1. The fraction of sp³-hybridized carbons (Fsp3) is 0.556. The molecule has 0 unspecified atom stereocenters. The number of nitrogens with zero attached hydrogens (tertiary/aromatic N) is 3. The van der Waals surface area contributed by atoms with Crippen LogP contribution in [0.15, 0.2) is 22.7 Å². The molecule has 2 aliphatic heterocycles. The van der Waals surface area contributed by atoms with E-state index in [1.54, 1.807) is 0 Å². The van der Waals surface area contributed by atoms with Crippen molar-refractivity contribution in [3.63, 3.8) is 0 Å². The van der Waals surface area contributed by atoms with E-state index >= 15 is 0 Å². The molecule has 128 valence electrons. The van der Waals surface area contributed by atoms with Crippen molar-refractivity contribution in [2.45, 2.75) is 32.1 Å². The molecule has 1 aromatic carbocycles. The number of aryl methyl sites for hydroxylation is 1. The molecule has 1 fully saturated rings. The molecule has 4 rings (SSSR count). The third-order valence-electron chi connectivity index (χ3n) is 4.59. The summed E-state index contributed by atoms with van der Waals surface area (Å²) in [6.45, 7) is 4.68. The van der Waals surface area contributed by atoms with E-state index in [9.17, 15) is 0 Å². The topological polar surface area (TPSA) is 60.6 Å². The molecule has 1 saturated heterocycles. The van der Waals surface area contributed by atoms with Gasteiger partial charge in [0, 0.05) is 6.42 Å². The summed E-state index contributed by atoms with van der Waals surface area (Å²) in [7, 11) is 0. The van der Waals surface area contributed by atoms with Gasteiger partial charge < -0.3 is 18.9 Å². The number of para-hydroxylation sites is 1. The zero-order chi connectivity index (χ0) is 16.2. The summed E-state index contributed by atoms with van der Waals surface area (Å²) >= 11 is 0. The average Bonchev–Trinajstić information content (AvgIpc) is 3.11. The molecule has 0 aliphatic carbocycles. The third-order valence-corrected chi connectivity index (χ3v) is 4.59. The minimum absolute atomic E-state index is 0.546. The lowest BCUT2D eigenvalue weighted by Crippen LogP contribution is -2.30. The second-order valence-electron chi connectivity index (χ2n) is 6.35. The lowest BCUT2D eigenvalue weighted by Gasteiger charge is -2.25. The van der Waals surface area contributed by atoms with Gasteiger partial charge in [0.1, 0.15) is 13.2 Å². The first-order valence-electron chi connectivity index (χ1n) is 8.84. The Morgan fingerprint density at radius 2 is 1.92 bits per heavy atom. The molecule has 3 heterocycles. The molecule has 2 aromatic rings. The Morgan fingerprint density at radius 3 is 2.83 bits per heavy atom. The summed E-state index contributed by atoms with van der Waals surface area (Å²) in [5.74, 6) is 2.72. The second kappa shape index (κ2) is 7.21. The van der Waals surface area contributed by atoms with Gasteiger partial charge in [0.05, 0.1) is 5.56 Å². The van der Waals surface area contributed by atoms with Crippen LogP contribution < -0.4 is 9.47 Å². The van der Waals surface area contributed by atoms with Gasteiger partial charge in [-0.15, -0.1) is 0 Å². The van der Waals surface area contributed by atoms with Crippen molar-refractivity contribution in [1.29, 1.82) is 0 Å². The Bertz CT molecular complexity index is 680. The van der Waals surface area contributed by atoms with Crippen LogP contribution in [0.2, 0.25) is 0 Å². The predicted octanol–water partition coefficient (Wildman–Crippen LogP) is 2.93. The summed E-state index contributed by atoms with van der Waals surface area (Å²) in [6.07, 6.45) is 5.89. The monoisotopic (exact) mass is 329 g/mol. The fourth-order valence-electron chi connectivity index (χ4n) is 3.35. The van der Waals surface area contributed by atoms with E-state index in [1.165, 1.54) is 32.4 Å². The highest BCUT2D eigenvalue weighted by Crippen LogP contribution is 2.38. The predicted molar refractivity (Wildman–Crippen MR) is 89.3 cm³/mol. The van der Waals surface area contributed by atoms with E-state index in [0.717, 1.165) is 30.7 Å². The molecule has 0 amide bonds. The molecular weight excluding hydrogens is 306 g/mol. The van der Waals surface area contributed by atoms with Gasteiger partial charge in [0.15, 0.2) is 11.5 Å². The van der Waals surface area contributed by atoms with Crippen molar-refractivity contribution in [3.05, 3.63) is 24.1 Å². The Kier molecular flexibility index (Phi) is 4.64. The van der Waals surface area contributed by atoms with Gasteiger partial charge in [0.2, 0.25) is 11.7 Å². The maximum atomic E-state index is 5.73. The normalized spacial score (nSPS) is 17.8. The van der Waals surface area contributed by atoms with E-state index in [4.69, 9.17) is 14.0 Å². The van der Waals surface area contributed by atoms with Crippen LogP contribution in [0, 0.1) is 0 Å². The zero-order valence-corrected chi connectivity index (χ0v) is 13.9. The Hall–Kier alpha value is -2.08. The number of fused-ring (bicyclic) bond motifs is 1. The largest absolute Gasteiger partial charge is 0.486 e. The number of benzene rings is 1. The number of ether oxygens (including phenoxy) is 2. The molecule has 24 heavy (non-hydrogen) atoms. The number of hydrogen-bond acceptors (Lipinski definition) is 6. The molecular formula is C18H23N3O3. The lowest BCUT2D eigenvalue weighted by atomic mass is 10.1. The number of hydrogen-bond donors (Lipinski definition) is 0. The SMILES string of the molecule is c1cc2c(c(-c3noc(CCCN4CCCCC4)n3)c1)OCCO2. The van der Waals surface area contributed by atoms with Gasteiger partial charge in [0.25, 0.3) is 0 Å². The molecule has 0 radical (unpaired) electrons. The highest BCUT2D eigenvalue weighted by atomic mass is 16.6. The minimum Gasteiger partial charge on any atom is -0.486 e. The van der Waals surface area contributed by atoms with E-state index in [2.05, 4.69) is 15.0 Å². The fourth-order valence-corrected chi connectivity index (χ4v) is 3.35. The van der Waals surface area contributed by atoms with Gasteiger partial charge >= 0.3 is 0 Å². The van der Waals surface area contributed by atoms with E-state index < -0.39 is 0 Å². The van der Waals surface area contributed by atoms with Gasteiger partial charge in [-0.05, 0) is 51.0 Å². The maximum Gasteiger partial charge on any atom is 0.227 e. The van der Waals surface area contributed by atoms with Crippen LogP contribution in [0.3, 0.4) is 0 Å². The van der Waals surface area contributed by atoms with Crippen molar-refractivity contribution in [3.8, 4) is 22.9 Å². The first-order valence-corrected chi connectivity index (χ1v) is 8.84. The molecule has 1 aromatic heterocycles. The molecule has 0 spiro atoms. The number of piperidine rings is 1. The van der Waals surface area contributed by atoms with Crippen molar-refractivity contribution < 1.29 is 14.0 Å². The molecule has 6 heteroatoms. The van der Waals surface area contributed by atoms with Gasteiger partial charge in [-0.2, -0.15) is 4.98 Å². The summed E-state index contributed by atoms with van der Waals surface area (Å²) < 4.78 is 16.8. The van der Waals surface area contributed by atoms with Crippen molar-refractivity contribution in [2.75, 3.05) is 32.8 Å². The molecule has 0 atom stereocenters. The van der Waals surface area contributed by atoms with Gasteiger partial charge in [-0.3, -0.25) is 0 Å². The minimum atomic E-state index is 0.546. The maximum absolute atomic E-state index is 5.73. The van der Waals surface area contributed by atoms with E-state index in [-0.39, 0.29) is 0 Å². The second-order valence-corrected chi connectivity index (χ2v) is 6.35. The molecule has 0 N–H and O–H groups in total. The standard InChI is InChI=1S/C18H23N3O3/c1-2-9-21(10-3-1)11-5-8-16-19-18(20-24-16)14-6-4-7-15-17(14)23-13-12-22-15/h4,6-7H,1-3,5,8-13H2. The van der Waals surface area contributed by atoms with Crippen LogP contribution >= 0.6 is 0 Å². The van der Waals surface area contributed by atoms with Crippen LogP contribution in [-0.4, -0.2) is 47.9 Å². The van der Waals surface area contributed by atoms with Crippen LogP contribution in [0.4, 0.5) is 0 Å². The highest BCUT2D eigenvalue weighted by molar-refractivity contribution is 5.68. The Labute approximate surface area is 141 Å². The smallest absolute Gasteiger partial charge is 0.227 e. The average molecular weight is 329 g/mol. The first-order chi connectivity index (χ1) is 11.9. The van der Waals surface area contributed by atoms with Crippen LogP contribution in [-0.2, 0) is 6.42 Å². The highest BCUT2D eigenvalue weighted by Gasteiger charge is 2.20. The van der Waals surface area contributed by atoms with Crippen molar-refractivity contribution in [2.24, 2.45) is 0 Å². The number of rotatable bonds is 5. The molecule has 2 aliphatic rings. The van der Waals surface area contributed by atoms with Gasteiger partial charge in [-0.1, -0.05) is 17.6 Å². The van der Waals surface area contributed by atoms with Crippen molar-refractivity contribution >= 4 is 0 Å². The van der Waals surface area contributed by atoms with Crippen LogP contribution in [0.1, 0.15) is 31.6 Å². The summed E-state index contributed by atoms with van der Waals surface area (Å²) in [5.41, 5.74) is 0.832. The number of aromatic nitrogens is 2. The zero-order valence-electron chi connectivity index (χ0n) is 13.9. The lowest BCUT2D eigenvalue weighted by molar-refractivity contribution is 0.172. The third kappa shape index (κ3) is 3.38. The summed E-state index contributed by atoms with van der Waals surface area (Å²) in [4.78, 5) is 7.07. The van der Waals surface area contributed by atoms with Gasteiger partial charge in [-0.25, -0.2) is 0 Å². The first kappa shape index (κ1) is 15.4. The van der Waals surface area contributed by atoms with E-state index in [0.29, 0.717) is 30.7 Å². The van der Waals surface area contributed by atoms with E-state index in [1.807, 2.05) is 18.2 Å². The Morgan fingerprint density at radius 1 is 1.04 bits per heavy atom. The van der Waals surface area contributed by atoms with Crippen LogP contribution in [0.5, 0.6) is 11.5 Å². The summed E-state index contributed by atoms with van der Waals surface area (Å²) in [5, 5.41) is 4.12. The molecule has 0 saturated carbocycles. The van der Waals surface area contributed by atoms with Crippen molar-refractivity contribution in [1.82, 2.24) is 15.0 Å². The summed E-state index contributed by atoms with van der Waals surface area (Å²) in [6, 6.07) is 5.77.